The maximum absolute atomic E-state index is 12.0. The second kappa shape index (κ2) is 32.3. The number of ether oxygens (including phenoxy) is 9. The van der Waals surface area contributed by atoms with Gasteiger partial charge in [-0.25, -0.2) is 0 Å². The smallest absolute Gasteiger partial charge is 0.379 e. The predicted molar refractivity (Wildman–Crippen MR) is 158 cm³/mol. The summed E-state index contributed by atoms with van der Waals surface area (Å²) in [6.07, 6.45) is -0.980. The topological polar surface area (TPSA) is 239 Å². The molecule has 0 aromatic carbocycles. The van der Waals surface area contributed by atoms with Crippen molar-refractivity contribution in [2.24, 2.45) is 5.73 Å². The van der Waals surface area contributed by atoms with Gasteiger partial charge in [-0.2, -0.15) is 0 Å². The average Bonchev–Trinajstić information content (AvgIpc) is 3.02. The molecule has 0 fully saturated rings. The molecule has 3 amide bonds. The van der Waals surface area contributed by atoms with Crippen LogP contribution in [0.15, 0.2) is 0 Å². The van der Waals surface area contributed by atoms with E-state index in [1.54, 1.807) is 0 Å². The third-order valence-corrected chi connectivity index (χ3v) is 5.25. The van der Waals surface area contributed by atoms with Crippen molar-refractivity contribution >= 4 is 30.3 Å². The molecule has 0 bridgehead atoms. The Hall–Kier alpha value is -2.65. The summed E-state index contributed by atoms with van der Waals surface area (Å²) in [5.41, 5.74) is 5.00. The summed E-state index contributed by atoms with van der Waals surface area (Å²) < 4.78 is 47.1. The molecular formula is C28H51N3O15. The molecule has 0 spiro atoms. The molecule has 1 atom stereocenters. The standard InChI is InChI=1S/C28H51N3O15/c29-25(34)3-12-39-18-22-43-24-20-41-16-7-31-27(36)5-14-46-28(37,44-11-2-9-33)45-13-4-26(35)30-6-15-40-19-23-42-21-17-38-10-1-8-32/h8-9,37H,1-7,10-24H2,(H2,29,34)(H,30,35)(H,31,36)/t28-/m1/s1. The second-order valence-electron chi connectivity index (χ2n) is 9.07. The lowest BCUT2D eigenvalue weighted by molar-refractivity contribution is -0.484. The van der Waals surface area contributed by atoms with Gasteiger partial charge in [0.15, 0.2) is 0 Å². The van der Waals surface area contributed by atoms with E-state index in [-0.39, 0.29) is 90.2 Å². The third-order valence-electron chi connectivity index (χ3n) is 5.25. The molecule has 0 radical (unpaired) electrons. The number of hydrogen-bond acceptors (Lipinski definition) is 15. The van der Waals surface area contributed by atoms with Gasteiger partial charge < -0.3 is 73.7 Å². The van der Waals surface area contributed by atoms with Crippen LogP contribution in [0.1, 0.15) is 32.1 Å². The van der Waals surface area contributed by atoms with E-state index < -0.39 is 12.1 Å². The fourth-order valence-corrected chi connectivity index (χ4v) is 3.00. The number of hydrogen-bond donors (Lipinski definition) is 4. The first-order valence-corrected chi connectivity index (χ1v) is 15.1. The molecule has 268 valence electrons. The third kappa shape index (κ3) is 31.3. The lowest BCUT2D eigenvalue weighted by Crippen LogP contribution is -2.41. The monoisotopic (exact) mass is 669 g/mol. The molecule has 18 heteroatoms. The summed E-state index contributed by atoms with van der Waals surface area (Å²) in [7, 11) is 0. The van der Waals surface area contributed by atoms with Gasteiger partial charge >= 0.3 is 6.16 Å². The molecule has 0 unspecified atom stereocenters. The summed E-state index contributed by atoms with van der Waals surface area (Å²) in [5.74, 6) is -1.18. The number of nitrogens with one attached hydrogen (secondary N) is 2. The highest BCUT2D eigenvalue weighted by atomic mass is 17.0. The minimum atomic E-state index is -2.55. The number of primary amides is 1. The highest BCUT2D eigenvalue weighted by Crippen LogP contribution is 2.13. The molecule has 0 aromatic rings. The molecule has 0 heterocycles. The van der Waals surface area contributed by atoms with Gasteiger partial charge in [0, 0.05) is 32.4 Å². The van der Waals surface area contributed by atoms with Crippen molar-refractivity contribution in [3.63, 3.8) is 0 Å². The summed E-state index contributed by atoms with van der Waals surface area (Å²) in [6, 6.07) is 0. The van der Waals surface area contributed by atoms with Crippen molar-refractivity contribution in [2.45, 2.75) is 38.3 Å². The molecule has 0 saturated carbocycles. The fourth-order valence-electron chi connectivity index (χ4n) is 3.00. The van der Waals surface area contributed by atoms with Crippen LogP contribution in [0.2, 0.25) is 0 Å². The molecule has 0 aliphatic heterocycles. The van der Waals surface area contributed by atoms with Crippen LogP contribution >= 0.6 is 0 Å². The molecule has 0 aromatic heterocycles. The van der Waals surface area contributed by atoms with Crippen LogP contribution in [-0.4, -0.2) is 154 Å². The summed E-state index contributed by atoms with van der Waals surface area (Å²) >= 11 is 0. The number of rotatable bonds is 36. The van der Waals surface area contributed by atoms with Crippen LogP contribution in [0, 0.1) is 0 Å². The number of nitrogens with two attached hydrogens (primary N) is 1. The number of carbonyl (C=O) groups is 5. The fraction of sp³-hybridized carbons (Fsp3) is 0.821. The van der Waals surface area contributed by atoms with Crippen LogP contribution in [-0.2, 0) is 66.6 Å². The van der Waals surface area contributed by atoms with E-state index in [9.17, 15) is 29.1 Å². The van der Waals surface area contributed by atoms with Gasteiger partial charge in [-0.15, -0.1) is 0 Å². The van der Waals surface area contributed by atoms with Crippen LogP contribution in [0.3, 0.4) is 0 Å². The van der Waals surface area contributed by atoms with Crippen LogP contribution < -0.4 is 16.4 Å². The number of aliphatic hydroxyl groups is 1. The Morgan fingerprint density at radius 1 is 0.522 bits per heavy atom. The van der Waals surface area contributed by atoms with E-state index in [2.05, 4.69) is 10.6 Å². The second-order valence-corrected chi connectivity index (χ2v) is 9.07. The molecule has 0 saturated heterocycles. The van der Waals surface area contributed by atoms with Crippen LogP contribution in [0.4, 0.5) is 0 Å². The van der Waals surface area contributed by atoms with Crippen molar-refractivity contribution < 1.29 is 71.7 Å². The Morgan fingerprint density at radius 3 is 1.33 bits per heavy atom. The molecular weight excluding hydrogens is 618 g/mol. The maximum Gasteiger partial charge on any atom is 0.410 e. The molecule has 0 aliphatic rings. The van der Waals surface area contributed by atoms with Crippen molar-refractivity contribution in [1.82, 2.24) is 10.6 Å². The zero-order valence-electron chi connectivity index (χ0n) is 26.5. The highest BCUT2D eigenvalue weighted by Gasteiger charge is 2.31. The largest absolute Gasteiger partial charge is 0.410 e. The quantitative estimate of drug-likeness (QED) is 0.0315. The van der Waals surface area contributed by atoms with Gasteiger partial charge in [-0.3, -0.25) is 14.4 Å². The Balaban J connectivity index is 3.94. The Labute approximate surface area is 269 Å². The van der Waals surface area contributed by atoms with Crippen molar-refractivity contribution in [1.29, 1.82) is 0 Å². The molecule has 0 aliphatic carbocycles. The average molecular weight is 670 g/mol. The Morgan fingerprint density at radius 2 is 0.891 bits per heavy atom. The number of aldehydes is 2. The van der Waals surface area contributed by atoms with Crippen molar-refractivity contribution in [3.05, 3.63) is 0 Å². The molecule has 5 N–H and O–H groups in total. The highest BCUT2D eigenvalue weighted by molar-refractivity contribution is 5.76. The van der Waals surface area contributed by atoms with Gasteiger partial charge in [0.05, 0.1) is 112 Å². The van der Waals surface area contributed by atoms with Gasteiger partial charge in [-0.1, -0.05) is 0 Å². The SMILES string of the molecule is NC(=O)CCOCCOCCOCCNC(=O)CCO[C@](O)(OCCC=O)OCCC(=O)NCCOCCOCCOCCC=O. The lowest BCUT2D eigenvalue weighted by Gasteiger charge is -2.26. The Kier molecular flexibility index (Phi) is 30.4. The van der Waals surface area contributed by atoms with E-state index in [0.717, 1.165) is 6.29 Å². The number of amides is 3. The first-order chi connectivity index (χ1) is 22.3. The van der Waals surface area contributed by atoms with E-state index in [4.69, 9.17) is 48.4 Å². The first-order valence-electron chi connectivity index (χ1n) is 15.1. The van der Waals surface area contributed by atoms with E-state index in [0.29, 0.717) is 72.2 Å². The van der Waals surface area contributed by atoms with Crippen molar-refractivity contribution in [3.8, 4) is 0 Å². The first kappa shape index (κ1) is 43.4. The van der Waals surface area contributed by atoms with E-state index in [1.807, 2.05) is 0 Å². The van der Waals surface area contributed by atoms with Gasteiger partial charge in [-0.05, 0) is 0 Å². The van der Waals surface area contributed by atoms with E-state index >= 15 is 0 Å². The van der Waals surface area contributed by atoms with Gasteiger partial charge in [0.2, 0.25) is 17.7 Å². The Bertz CT molecular complexity index is 793. The summed E-state index contributed by atoms with van der Waals surface area (Å²) in [6.45, 7) is 3.62. The normalized spacial score (nSPS) is 12.4. The summed E-state index contributed by atoms with van der Waals surface area (Å²) in [4.78, 5) is 55.4. The van der Waals surface area contributed by atoms with Crippen LogP contribution in [0.25, 0.3) is 0 Å². The molecule has 18 nitrogen and oxygen atoms in total. The summed E-state index contributed by atoms with van der Waals surface area (Å²) in [5, 5.41) is 15.7. The molecule has 0 rings (SSSR count). The maximum atomic E-state index is 12.0. The van der Waals surface area contributed by atoms with Gasteiger partial charge in [0.25, 0.3) is 0 Å². The lowest BCUT2D eigenvalue weighted by atomic mass is 10.4. The van der Waals surface area contributed by atoms with Crippen LogP contribution in [0.5, 0.6) is 0 Å². The minimum Gasteiger partial charge on any atom is -0.379 e. The van der Waals surface area contributed by atoms with E-state index in [1.165, 1.54) is 0 Å². The van der Waals surface area contributed by atoms with Gasteiger partial charge in [0.1, 0.15) is 12.6 Å². The zero-order chi connectivity index (χ0) is 34.0. The minimum absolute atomic E-state index is 0.0357. The predicted octanol–water partition coefficient (Wildman–Crippen LogP) is -2.19. The zero-order valence-corrected chi connectivity index (χ0v) is 26.5. The molecule has 46 heavy (non-hydrogen) atoms. The van der Waals surface area contributed by atoms with Crippen molar-refractivity contribution in [2.75, 3.05) is 112 Å². The number of carbonyl (C=O) groups excluding carboxylic acids is 5.